The van der Waals surface area contributed by atoms with Crippen molar-refractivity contribution >= 4 is 25.4 Å². The van der Waals surface area contributed by atoms with Gasteiger partial charge >= 0.3 is 0 Å². The van der Waals surface area contributed by atoms with E-state index in [1.807, 2.05) is 29.0 Å². The monoisotopic (exact) mass is 342 g/mol. The van der Waals surface area contributed by atoms with Crippen molar-refractivity contribution in [2.24, 2.45) is 0 Å². The van der Waals surface area contributed by atoms with E-state index >= 15 is 0 Å². The van der Waals surface area contributed by atoms with Gasteiger partial charge in [-0.1, -0.05) is 19.6 Å². The highest BCUT2D eigenvalue weighted by molar-refractivity contribution is 6.76. The molecule has 7 heteroatoms. The summed E-state index contributed by atoms with van der Waals surface area (Å²) in [6, 6.07) is 6.67. The Kier molecular flexibility index (Phi) is 4.63. The molecule has 0 amide bonds. The first-order valence-electron chi connectivity index (χ1n) is 8.00. The van der Waals surface area contributed by atoms with Crippen LogP contribution in [-0.4, -0.2) is 40.3 Å². The molecule has 6 nitrogen and oxygen atoms in total. The van der Waals surface area contributed by atoms with Gasteiger partial charge in [-0.25, -0.2) is 9.67 Å². The number of nitrogens with zero attached hydrogens (tertiary/aromatic N) is 4. The second-order valence-corrected chi connectivity index (χ2v) is 12.7. The summed E-state index contributed by atoms with van der Waals surface area (Å²) in [5, 5.41) is 4.19. The van der Waals surface area contributed by atoms with Gasteiger partial charge in [0.2, 0.25) is 0 Å². The predicted molar refractivity (Wildman–Crippen MR) is 96.3 cm³/mol. The van der Waals surface area contributed by atoms with Gasteiger partial charge in [0.15, 0.2) is 6.29 Å². The molecule has 0 aliphatic carbocycles. The summed E-state index contributed by atoms with van der Waals surface area (Å²) in [5.74, 6) is 0. The number of fused-ring (bicyclic) bond motifs is 1. The van der Waals surface area contributed by atoms with E-state index in [1.165, 1.54) is 0 Å². The van der Waals surface area contributed by atoms with E-state index in [0.29, 0.717) is 12.3 Å². The van der Waals surface area contributed by atoms with E-state index in [1.54, 1.807) is 17.2 Å². The van der Waals surface area contributed by atoms with Crippen molar-refractivity contribution in [2.75, 3.05) is 6.61 Å². The van der Waals surface area contributed by atoms with Gasteiger partial charge in [-0.2, -0.15) is 5.10 Å². The SMILES string of the molecule is C[Si](C)(C)CCOCn1cnc2cc(-n3cccn3)c(C=O)cc21. The van der Waals surface area contributed by atoms with E-state index in [4.69, 9.17) is 4.74 Å². The number of aromatic nitrogens is 4. The topological polar surface area (TPSA) is 61.9 Å². The number of imidazole rings is 1. The zero-order valence-electron chi connectivity index (χ0n) is 14.3. The number of carbonyl (C=O) groups is 1. The van der Waals surface area contributed by atoms with Crippen LogP contribution in [0.1, 0.15) is 10.4 Å². The van der Waals surface area contributed by atoms with E-state index in [2.05, 4.69) is 29.7 Å². The molecule has 3 rings (SSSR count). The molecular weight excluding hydrogens is 320 g/mol. The Bertz CT molecular complexity index is 834. The number of benzene rings is 1. The molecule has 0 aliphatic heterocycles. The molecule has 0 fully saturated rings. The van der Waals surface area contributed by atoms with E-state index in [-0.39, 0.29) is 0 Å². The van der Waals surface area contributed by atoms with Gasteiger partial charge in [-0.3, -0.25) is 4.79 Å². The fourth-order valence-corrected chi connectivity index (χ4v) is 3.21. The molecule has 0 unspecified atom stereocenters. The van der Waals surface area contributed by atoms with Crippen LogP contribution >= 0.6 is 0 Å². The highest BCUT2D eigenvalue weighted by Crippen LogP contribution is 2.21. The second-order valence-electron chi connectivity index (χ2n) is 7.03. The number of aldehydes is 1. The molecule has 0 saturated heterocycles. The van der Waals surface area contributed by atoms with Crippen molar-refractivity contribution in [2.45, 2.75) is 32.4 Å². The average Bonchev–Trinajstić information content (AvgIpc) is 3.19. The number of carbonyl (C=O) groups excluding carboxylic acids is 1. The van der Waals surface area contributed by atoms with Crippen molar-refractivity contribution in [3.05, 3.63) is 42.5 Å². The maximum absolute atomic E-state index is 11.5. The molecule has 0 N–H and O–H groups in total. The molecule has 1 aromatic carbocycles. The van der Waals surface area contributed by atoms with Gasteiger partial charge in [-0.15, -0.1) is 0 Å². The largest absolute Gasteiger partial charge is 0.361 e. The lowest BCUT2D eigenvalue weighted by atomic mass is 10.1. The van der Waals surface area contributed by atoms with E-state index < -0.39 is 8.07 Å². The van der Waals surface area contributed by atoms with Gasteiger partial charge < -0.3 is 9.30 Å². The standard InChI is InChI=1S/C17H22N4O2Si/c1-24(2,3)8-7-23-13-20-12-18-15-10-16(21-6-4-5-19-21)14(11-22)9-17(15)20/h4-6,9-12H,7-8,13H2,1-3H3. The lowest BCUT2D eigenvalue weighted by Crippen LogP contribution is -2.21. The second kappa shape index (κ2) is 6.70. The first kappa shape index (κ1) is 16.6. The van der Waals surface area contributed by atoms with Crippen molar-refractivity contribution in [3.8, 4) is 5.69 Å². The highest BCUT2D eigenvalue weighted by Gasteiger charge is 2.13. The zero-order chi connectivity index (χ0) is 17.2. The third-order valence-electron chi connectivity index (χ3n) is 3.87. The van der Waals surface area contributed by atoms with Crippen molar-refractivity contribution in [1.29, 1.82) is 0 Å². The van der Waals surface area contributed by atoms with Gasteiger partial charge in [0.05, 0.1) is 23.0 Å². The number of ether oxygens (including phenoxy) is 1. The van der Waals surface area contributed by atoms with Gasteiger partial charge in [0, 0.05) is 32.6 Å². The Balaban J connectivity index is 1.83. The maximum Gasteiger partial charge on any atom is 0.152 e. The first-order chi connectivity index (χ1) is 11.5. The summed E-state index contributed by atoms with van der Waals surface area (Å²) in [6.45, 7) is 8.18. The molecule has 0 spiro atoms. The lowest BCUT2D eigenvalue weighted by Gasteiger charge is -2.15. The fraction of sp³-hybridized carbons (Fsp3) is 0.353. The molecule has 2 heterocycles. The molecule has 0 aliphatic rings. The molecule has 0 radical (unpaired) electrons. The molecule has 2 aromatic heterocycles. The minimum atomic E-state index is -1.09. The smallest absolute Gasteiger partial charge is 0.152 e. The summed E-state index contributed by atoms with van der Waals surface area (Å²) in [7, 11) is -1.09. The fourth-order valence-electron chi connectivity index (χ4n) is 2.46. The third kappa shape index (κ3) is 3.63. The van der Waals surface area contributed by atoms with Crippen molar-refractivity contribution < 1.29 is 9.53 Å². The number of hydrogen-bond donors (Lipinski definition) is 0. The molecule has 0 atom stereocenters. The van der Waals surface area contributed by atoms with Crippen LogP contribution in [0.3, 0.4) is 0 Å². The minimum Gasteiger partial charge on any atom is -0.361 e. The minimum absolute atomic E-state index is 0.445. The first-order valence-corrected chi connectivity index (χ1v) is 11.7. The average molecular weight is 342 g/mol. The summed E-state index contributed by atoms with van der Waals surface area (Å²) >= 11 is 0. The Morgan fingerprint density at radius 3 is 2.79 bits per heavy atom. The Morgan fingerprint density at radius 1 is 1.29 bits per heavy atom. The summed E-state index contributed by atoms with van der Waals surface area (Å²) in [4.78, 5) is 15.9. The van der Waals surface area contributed by atoms with Crippen LogP contribution in [0.2, 0.25) is 25.7 Å². The zero-order valence-corrected chi connectivity index (χ0v) is 15.3. The Morgan fingerprint density at radius 2 is 2.12 bits per heavy atom. The van der Waals surface area contributed by atoms with Gasteiger partial charge in [0.25, 0.3) is 0 Å². The molecular formula is C17H22N4O2Si. The van der Waals surface area contributed by atoms with Crippen LogP contribution in [-0.2, 0) is 11.5 Å². The summed E-state index contributed by atoms with van der Waals surface area (Å²) in [5.41, 5.74) is 3.02. The number of rotatable bonds is 7. The maximum atomic E-state index is 11.5. The molecule has 126 valence electrons. The number of hydrogen-bond acceptors (Lipinski definition) is 4. The Hall–Kier alpha value is -2.25. The quantitative estimate of drug-likeness (QED) is 0.375. The highest BCUT2D eigenvalue weighted by atomic mass is 28.3. The van der Waals surface area contributed by atoms with Crippen LogP contribution in [0.5, 0.6) is 0 Å². The molecule has 24 heavy (non-hydrogen) atoms. The summed E-state index contributed by atoms with van der Waals surface area (Å²) in [6.07, 6.45) is 6.09. The van der Waals surface area contributed by atoms with E-state index in [0.717, 1.165) is 35.7 Å². The van der Waals surface area contributed by atoms with Crippen LogP contribution in [0.25, 0.3) is 16.7 Å². The van der Waals surface area contributed by atoms with Crippen molar-refractivity contribution in [3.63, 3.8) is 0 Å². The van der Waals surface area contributed by atoms with Crippen LogP contribution < -0.4 is 0 Å². The van der Waals surface area contributed by atoms with E-state index in [9.17, 15) is 4.79 Å². The third-order valence-corrected chi connectivity index (χ3v) is 5.58. The molecule has 0 saturated carbocycles. The van der Waals surface area contributed by atoms with Crippen LogP contribution in [0, 0.1) is 0 Å². The van der Waals surface area contributed by atoms with Crippen LogP contribution in [0.15, 0.2) is 36.9 Å². The normalized spacial score (nSPS) is 12.0. The lowest BCUT2D eigenvalue weighted by molar-refractivity contribution is 0.0898. The van der Waals surface area contributed by atoms with Gasteiger partial charge in [0.1, 0.15) is 6.73 Å². The Labute approximate surface area is 142 Å². The predicted octanol–water partition coefficient (Wildman–Crippen LogP) is 3.35. The molecule has 3 aromatic rings. The van der Waals surface area contributed by atoms with Crippen LogP contribution in [0.4, 0.5) is 0 Å². The molecule has 0 bridgehead atoms. The summed E-state index contributed by atoms with van der Waals surface area (Å²) < 4.78 is 9.39. The van der Waals surface area contributed by atoms with Crippen molar-refractivity contribution in [1.82, 2.24) is 19.3 Å². The van der Waals surface area contributed by atoms with Gasteiger partial charge in [-0.05, 0) is 24.2 Å².